The summed E-state index contributed by atoms with van der Waals surface area (Å²) in [5.74, 6) is 0.778. The highest BCUT2D eigenvalue weighted by Gasteiger charge is 2.24. The number of anilines is 1. The van der Waals surface area contributed by atoms with Gasteiger partial charge in [-0.2, -0.15) is 0 Å². The summed E-state index contributed by atoms with van der Waals surface area (Å²) in [6.45, 7) is 2.84. The van der Waals surface area contributed by atoms with E-state index in [4.69, 9.17) is 0 Å². The van der Waals surface area contributed by atoms with Gasteiger partial charge in [0.25, 0.3) is 5.91 Å². The number of amides is 1. The van der Waals surface area contributed by atoms with Gasteiger partial charge >= 0.3 is 0 Å². The molecule has 23 heavy (non-hydrogen) atoms. The van der Waals surface area contributed by atoms with E-state index in [1.807, 2.05) is 35.2 Å². The van der Waals surface area contributed by atoms with Crippen LogP contribution in [0.1, 0.15) is 10.5 Å². The highest BCUT2D eigenvalue weighted by atomic mass is 16.2. The molecule has 0 radical (unpaired) electrons. The summed E-state index contributed by atoms with van der Waals surface area (Å²) in [5.41, 5.74) is 1.64. The fourth-order valence-electron chi connectivity index (χ4n) is 2.92. The summed E-state index contributed by atoms with van der Waals surface area (Å²) in [6.07, 6.45) is 3.48. The molecule has 2 aromatic heterocycles. The van der Waals surface area contributed by atoms with Crippen molar-refractivity contribution < 1.29 is 4.79 Å². The van der Waals surface area contributed by atoms with Crippen LogP contribution < -0.4 is 4.90 Å². The highest BCUT2D eigenvalue weighted by Crippen LogP contribution is 2.17. The van der Waals surface area contributed by atoms with E-state index < -0.39 is 0 Å². The van der Waals surface area contributed by atoms with Gasteiger partial charge in [0, 0.05) is 49.5 Å². The lowest BCUT2D eigenvalue weighted by Gasteiger charge is -2.34. The molecule has 1 aromatic carbocycles. The third kappa shape index (κ3) is 2.63. The fourth-order valence-corrected chi connectivity index (χ4v) is 2.92. The molecule has 0 bridgehead atoms. The SMILES string of the molecule is O=C(c1cc2ccccc2[nH]1)N1CCN(c2ncccn2)CC1. The van der Waals surface area contributed by atoms with Gasteiger partial charge in [-0.3, -0.25) is 4.79 Å². The first-order valence-electron chi connectivity index (χ1n) is 7.70. The zero-order chi connectivity index (χ0) is 15.6. The third-order valence-corrected chi connectivity index (χ3v) is 4.16. The second-order valence-corrected chi connectivity index (χ2v) is 5.60. The van der Waals surface area contributed by atoms with E-state index in [1.54, 1.807) is 18.5 Å². The molecule has 6 heteroatoms. The Bertz CT molecular complexity index is 788. The van der Waals surface area contributed by atoms with Gasteiger partial charge in [-0.1, -0.05) is 18.2 Å². The number of carbonyl (C=O) groups excluding carboxylic acids is 1. The molecule has 1 aliphatic heterocycles. The van der Waals surface area contributed by atoms with E-state index in [1.165, 1.54) is 0 Å². The van der Waals surface area contributed by atoms with Crippen molar-refractivity contribution in [3.63, 3.8) is 0 Å². The molecule has 3 heterocycles. The van der Waals surface area contributed by atoms with Crippen molar-refractivity contribution in [2.45, 2.75) is 0 Å². The molecule has 0 aliphatic carbocycles. The Morgan fingerprint density at radius 1 is 1.00 bits per heavy atom. The van der Waals surface area contributed by atoms with Crippen LogP contribution in [0.4, 0.5) is 5.95 Å². The second-order valence-electron chi connectivity index (χ2n) is 5.60. The van der Waals surface area contributed by atoms with Crippen molar-refractivity contribution >= 4 is 22.8 Å². The van der Waals surface area contributed by atoms with Gasteiger partial charge in [-0.15, -0.1) is 0 Å². The summed E-state index contributed by atoms with van der Waals surface area (Å²) < 4.78 is 0. The maximum atomic E-state index is 12.7. The number of carbonyl (C=O) groups is 1. The monoisotopic (exact) mass is 307 g/mol. The zero-order valence-corrected chi connectivity index (χ0v) is 12.6. The lowest BCUT2D eigenvalue weighted by molar-refractivity contribution is 0.0741. The number of para-hydroxylation sites is 1. The van der Waals surface area contributed by atoms with Crippen LogP contribution in [0.2, 0.25) is 0 Å². The molecule has 1 aliphatic rings. The Morgan fingerprint density at radius 2 is 1.74 bits per heavy atom. The Morgan fingerprint density at radius 3 is 2.48 bits per heavy atom. The molecule has 4 rings (SSSR count). The molecular formula is C17H17N5O. The van der Waals surface area contributed by atoms with Gasteiger partial charge in [0.15, 0.2) is 0 Å². The Kier molecular flexibility index (Phi) is 3.42. The van der Waals surface area contributed by atoms with Crippen LogP contribution >= 0.6 is 0 Å². The third-order valence-electron chi connectivity index (χ3n) is 4.16. The van der Waals surface area contributed by atoms with Gasteiger partial charge in [0.1, 0.15) is 5.69 Å². The smallest absolute Gasteiger partial charge is 0.270 e. The summed E-state index contributed by atoms with van der Waals surface area (Å²) in [5, 5.41) is 1.06. The number of rotatable bonds is 2. The van der Waals surface area contributed by atoms with Crippen molar-refractivity contribution in [3.05, 3.63) is 54.5 Å². The first-order valence-corrected chi connectivity index (χ1v) is 7.70. The van der Waals surface area contributed by atoms with Crippen LogP contribution in [-0.4, -0.2) is 51.9 Å². The molecule has 0 saturated carbocycles. The number of hydrogen-bond acceptors (Lipinski definition) is 4. The molecule has 1 N–H and O–H groups in total. The van der Waals surface area contributed by atoms with Crippen molar-refractivity contribution in [3.8, 4) is 0 Å². The summed E-state index contributed by atoms with van der Waals surface area (Å²) in [6, 6.07) is 11.7. The van der Waals surface area contributed by atoms with E-state index >= 15 is 0 Å². The average molecular weight is 307 g/mol. The van der Waals surface area contributed by atoms with Crippen LogP contribution in [0.25, 0.3) is 10.9 Å². The normalized spacial score (nSPS) is 15.1. The number of hydrogen-bond donors (Lipinski definition) is 1. The van der Waals surface area contributed by atoms with Crippen LogP contribution in [0.15, 0.2) is 48.8 Å². The van der Waals surface area contributed by atoms with Crippen LogP contribution in [0.5, 0.6) is 0 Å². The minimum atomic E-state index is 0.0508. The number of H-pyrrole nitrogens is 1. The molecule has 6 nitrogen and oxygen atoms in total. The quantitative estimate of drug-likeness (QED) is 0.785. The number of fused-ring (bicyclic) bond motifs is 1. The molecule has 1 amide bonds. The largest absolute Gasteiger partial charge is 0.351 e. The number of nitrogens with zero attached hydrogens (tertiary/aromatic N) is 4. The van der Waals surface area contributed by atoms with Crippen LogP contribution in [0, 0.1) is 0 Å². The Hall–Kier alpha value is -2.89. The fraction of sp³-hybridized carbons (Fsp3) is 0.235. The Balaban J connectivity index is 1.46. The maximum Gasteiger partial charge on any atom is 0.270 e. The number of piperazine rings is 1. The molecule has 116 valence electrons. The zero-order valence-electron chi connectivity index (χ0n) is 12.6. The summed E-state index contributed by atoms with van der Waals surface area (Å²) in [7, 11) is 0. The van der Waals surface area contributed by atoms with E-state index in [2.05, 4.69) is 19.9 Å². The van der Waals surface area contributed by atoms with Gasteiger partial charge < -0.3 is 14.8 Å². The Labute approximate surface area is 133 Å². The molecule has 3 aromatic rings. The molecule has 1 saturated heterocycles. The number of aromatic nitrogens is 3. The van der Waals surface area contributed by atoms with Crippen molar-refractivity contribution in [2.24, 2.45) is 0 Å². The van der Waals surface area contributed by atoms with Gasteiger partial charge in [-0.25, -0.2) is 9.97 Å². The molecule has 0 unspecified atom stereocenters. The maximum absolute atomic E-state index is 12.7. The second kappa shape index (κ2) is 5.72. The summed E-state index contributed by atoms with van der Waals surface area (Å²) >= 11 is 0. The van der Waals surface area contributed by atoms with E-state index in [0.717, 1.165) is 29.9 Å². The standard InChI is InChI=1S/C17H17N5O/c23-16(15-12-13-4-1-2-5-14(13)20-15)21-8-10-22(11-9-21)17-18-6-3-7-19-17/h1-7,12,20H,8-11H2. The lowest BCUT2D eigenvalue weighted by Crippen LogP contribution is -2.49. The van der Waals surface area contributed by atoms with Crippen LogP contribution in [0.3, 0.4) is 0 Å². The van der Waals surface area contributed by atoms with E-state index in [-0.39, 0.29) is 5.91 Å². The number of nitrogens with one attached hydrogen (secondary N) is 1. The molecule has 0 spiro atoms. The first kappa shape index (κ1) is 13.8. The van der Waals surface area contributed by atoms with E-state index in [0.29, 0.717) is 18.8 Å². The van der Waals surface area contributed by atoms with Crippen molar-refractivity contribution in [1.82, 2.24) is 19.9 Å². The topological polar surface area (TPSA) is 65.1 Å². The molecule has 0 atom stereocenters. The summed E-state index contributed by atoms with van der Waals surface area (Å²) in [4.78, 5) is 28.4. The van der Waals surface area contributed by atoms with Gasteiger partial charge in [-0.05, 0) is 18.2 Å². The molecule has 1 fully saturated rings. The van der Waals surface area contributed by atoms with E-state index in [9.17, 15) is 4.79 Å². The minimum Gasteiger partial charge on any atom is -0.351 e. The van der Waals surface area contributed by atoms with Gasteiger partial charge in [0.05, 0.1) is 0 Å². The minimum absolute atomic E-state index is 0.0508. The average Bonchev–Trinajstić information content (AvgIpc) is 3.06. The molecular weight excluding hydrogens is 290 g/mol. The van der Waals surface area contributed by atoms with Gasteiger partial charge in [0.2, 0.25) is 5.95 Å². The van der Waals surface area contributed by atoms with Crippen LogP contribution in [-0.2, 0) is 0 Å². The van der Waals surface area contributed by atoms with Crippen molar-refractivity contribution in [1.29, 1.82) is 0 Å². The van der Waals surface area contributed by atoms with Crippen molar-refractivity contribution in [2.75, 3.05) is 31.1 Å². The predicted octanol–water partition coefficient (Wildman–Crippen LogP) is 1.92. The predicted molar refractivity (Wildman–Crippen MR) is 88.4 cm³/mol. The lowest BCUT2D eigenvalue weighted by atomic mass is 10.2. The number of benzene rings is 1. The number of aromatic amines is 1. The highest BCUT2D eigenvalue weighted by molar-refractivity contribution is 5.98. The first-order chi connectivity index (χ1) is 11.3.